The molecule has 0 saturated heterocycles. The van der Waals surface area contributed by atoms with Gasteiger partial charge in [-0.25, -0.2) is 4.98 Å². The van der Waals surface area contributed by atoms with E-state index >= 15 is 0 Å². The summed E-state index contributed by atoms with van der Waals surface area (Å²) in [4.78, 5) is 18.5. The first-order valence-corrected chi connectivity index (χ1v) is 6.12. The fraction of sp³-hybridized carbons (Fsp3) is 0.286. The van der Waals surface area contributed by atoms with Crippen LogP contribution in [0.2, 0.25) is 0 Å². The van der Waals surface area contributed by atoms with Crippen molar-refractivity contribution >= 4 is 16.5 Å². The number of aromatic nitrogens is 2. The van der Waals surface area contributed by atoms with Crippen LogP contribution < -0.4 is 5.56 Å². The van der Waals surface area contributed by atoms with E-state index in [1.54, 1.807) is 0 Å². The Labute approximate surface area is 113 Å². The third-order valence-electron chi connectivity index (χ3n) is 2.92. The van der Waals surface area contributed by atoms with E-state index in [9.17, 15) is 18.0 Å². The van der Waals surface area contributed by atoms with Gasteiger partial charge < -0.3 is 4.98 Å². The normalized spacial score (nSPS) is 11.8. The van der Waals surface area contributed by atoms with Gasteiger partial charge in [0, 0.05) is 0 Å². The molecule has 6 heteroatoms. The van der Waals surface area contributed by atoms with Crippen molar-refractivity contribution in [1.82, 2.24) is 9.97 Å². The molecule has 0 aliphatic rings. The minimum Gasteiger partial charge on any atom is -0.306 e. The lowest BCUT2D eigenvalue weighted by Gasteiger charge is -2.08. The van der Waals surface area contributed by atoms with Crippen LogP contribution in [0.15, 0.2) is 29.6 Å². The summed E-state index contributed by atoms with van der Waals surface area (Å²) in [5.74, 6) is 0.240. The number of rotatable bonds is 3. The van der Waals surface area contributed by atoms with Crippen LogP contribution >= 0.6 is 0 Å². The van der Waals surface area contributed by atoms with Gasteiger partial charge in [0.05, 0.1) is 16.5 Å². The van der Waals surface area contributed by atoms with E-state index in [-0.39, 0.29) is 16.7 Å². The Morgan fingerprint density at radius 3 is 2.70 bits per heavy atom. The summed E-state index contributed by atoms with van der Waals surface area (Å²) < 4.78 is 38.0. The average molecular weight is 282 g/mol. The number of nitrogens with zero attached hydrogens (tertiary/aromatic N) is 1. The van der Waals surface area contributed by atoms with Crippen LogP contribution in [0.4, 0.5) is 13.2 Å². The van der Waals surface area contributed by atoms with Crippen LogP contribution in [-0.2, 0) is 6.18 Å². The molecule has 1 aromatic heterocycles. The van der Waals surface area contributed by atoms with Gasteiger partial charge in [-0.3, -0.25) is 4.79 Å². The Morgan fingerprint density at radius 1 is 1.40 bits per heavy atom. The maximum Gasteiger partial charge on any atom is 0.416 e. The quantitative estimate of drug-likeness (QED) is 0.931. The van der Waals surface area contributed by atoms with Crippen molar-refractivity contribution in [2.24, 2.45) is 0 Å². The third kappa shape index (κ3) is 2.74. The van der Waals surface area contributed by atoms with E-state index in [0.717, 1.165) is 24.6 Å². The molecule has 1 N–H and O–H groups in total. The molecule has 0 unspecified atom stereocenters. The molecule has 0 atom stereocenters. The highest BCUT2D eigenvalue weighted by molar-refractivity contribution is 5.79. The topological polar surface area (TPSA) is 45.8 Å². The zero-order valence-electron chi connectivity index (χ0n) is 10.8. The number of allylic oxidation sites excluding steroid dienone is 1. The molecule has 106 valence electrons. The summed E-state index contributed by atoms with van der Waals surface area (Å²) in [6.45, 7) is 5.72. The summed E-state index contributed by atoms with van der Waals surface area (Å²) in [6.07, 6.45) is -3.03. The van der Waals surface area contributed by atoms with Gasteiger partial charge in [0.25, 0.3) is 5.56 Å². The summed E-state index contributed by atoms with van der Waals surface area (Å²) in [6, 6.07) is 2.89. The number of nitrogens with one attached hydrogen (secondary N) is 1. The number of H-pyrrole nitrogens is 1. The van der Waals surface area contributed by atoms with Crippen molar-refractivity contribution in [3.05, 3.63) is 46.5 Å². The number of alkyl halides is 3. The van der Waals surface area contributed by atoms with Crippen LogP contribution in [-0.4, -0.2) is 9.97 Å². The first-order chi connectivity index (χ1) is 9.32. The smallest absolute Gasteiger partial charge is 0.306 e. The lowest BCUT2D eigenvalue weighted by Crippen LogP contribution is -2.13. The number of hydrogen-bond acceptors (Lipinski definition) is 2. The van der Waals surface area contributed by atoms with E-state index in [0.29, 0.717) is 12.0 Å². The zero-order chi connectivity index (χ0) is 14.9. The van der Waals surface area contributed by atoms with Crippen molar-refractivity contribution in [3.8, 4) is 0 Å². The van der Waals surface area contributed by atoms with Crippen LogP contribution in [0.1, 0.15) is 31.2 Å². The van der Waals surface area contributed by atoms with Gasteiger partial charge in [-0.1, -0.05) is 19.9 Å². The number of benzene rings is 1. The number of fused-ring (bicyclic) bond motifs is 1. The standard InChI is InChI=1S/C14H13F3N2O/c1-3-4-8(2)12-18-11-7-9(14(15,16)17)5-6-10(11)13(20)19-12/h5-7H,2-4H2,1H3,(H,18,19,20). The molecule has 0 radical (unpaired) electrons. The minimum atomic E-state index is -4.46. The predicted octanol–water partition coefficient (Wildman–Crippen LogP) is 3.76. The maximum atomic E-state index is 12.7. The van der Waals surface area contributed by atoms with Crippen LogP contribution in [0.5, 0.6) is 0 Å². The monoisotopic (exact) mass is 282 g/mol. The molecule has 20 heavy (non-hydrogen) atoms. The van der Waals surface area contributed by atoms with Crippen molar-refractivity contribution < 1.29 is 13.2 Å². The molecule has 0 bridgehead atoms. The first-order valence-electron chi connectivity index (χ1n) is 6.12. The molecule has 0 aliphatic heterocycles. The molecule has 0 saturated carbocycles. The van der Waals surface area contributed by atoms with Gasteiger partial charge >= 0.3 is 6.18 Å². The molecule has 1 heterocycles. The average Bonchev–Trinajstić information content (AvgIpc) is 2.37. The molecule has 3 nitrogen and oxygen atoms in total. The van der Waals surface area contributed by atoms with E-state index in [4.69, 9.17) is 0 Å². The Kier molecular flexibility index (Phi) is 3.65. The molecule has 2 rings (SSSR count). The van der Waals surface area contributed by atoms with Crippen molar-refractivity contribution in [1.29, 1.82) is 0 Å². The minimum absolute atomic E-state index is 0.0239. The van der Waals surface area contributed by atoms with E-state index in [2.05, 4.69) is 16.5 Å². The van der Waals surface area contributed by atoms with Crippen LogP contribution in [0.25, 0.3) is 16.5 Å². The first kappa shape index (κ1) is 14.3. The highest BCUT2D eigenvalue weighted by Gasteiger charge is 2.30. The van der Waals surface area contributed by atoms with E-state index in [1.807, 2.05) is 6.92 Å². The molecule has 1 aromatic carbocycles. The van der Waals surface area contributed by atoms with Crippen molar-refractivity contribution in [2.75, 3.05) is 0 Å². The van der Waals surface area contributed by atoms with Gasteiger partial charge in [-0.15, -0.1) is 0 Å². The van der Waals surface area contributed by atoms with Gasteiger partial charge in [-0.05, 0) is 30.2 Å². The van der Waals surface area contributed by atoms with Gasteiger partial charge in [-0.2, -0.15) is 13.2 Å². The molecule has 0 aliphatic carbocycles. The largest absolute Gasteiger partial charge is 0.416 e. The second-order valence-corrected chi connectivity index (χ2v) is 4.50. The highest BCUT2D eigenvalue weighted by Crippen LogP contribution is 2.30. The molecular weight excluding hydrogens is 269 g/mol. The van der Waals surface area contributed by atoms with Crippen molar-refractivity contribution in [2.45, 2.75) is 25.9 Å². The predicted molar refractivity (Wildman–Crippen MR) is 71.3 cm³/mol. The molecule has 0 spiro atoms. The summed E-state index contributed by atoms with van der Waals surface area (Å²) in [7, 11) is 0. The van der Waals surface area contributed by atoms with Crippen LogP contribution in [0, 0.1) is 0 Å². The number of hydrogen-bond donors (Lipinski definition) is 1. The summed E-state index contributed by atoms with van der Waals surface area (Å²) in [5, 5.41) is 0.131. The van der Waals surface area contributed by atoms with Crippen LogP contribution in [0.3, 0.4) is 0 Å². The SMILES string of the molecule is C=C(CCC)c1nc2cc(C(F)(F)F)ccc2c(=O)[nH]1. The van der Waals surface area contributed by atoms with E-state index in [1.165, 1.54) is 0 Å². The zero-order valence-corrected chi connectivity index (χ0v) is 10.8. The number of aromatic amines is 1. The molecular formula is C14H13F3N2O. The molecule has 0 amide bonds. The van der Waals surface area contributed by atoms with E-state index < -0.39 is 17.3 Å². The van der Waals surface area contributed by atoms with Gasteiger partial charge in [0.1, 0.15) is 5.82 Å². The highest BCUT2D eigenvalue weighted by atomic mass is 19.4. The Hall–Kier alpha value is -2.11. The summed E-state index contributed by atoms with van der Waals surface area (Å²) in [5.41, 5.74) is -0.661. The maximum absolute atomic E-state index is 12.7. The fourth-order valence-corrected chi connectivity index (χ4v) is 1.90. The van der Waals surface area contributed by atoms with Crippen molar-refractivity contribution in [3.63, 3.8) is 0 Å². The second-order valence-electron chi connectivity index (χ2n) is 4.50. The third-order valence-corrected chi connectivity index (χ3v) is 2.92. The Bertz CT molecular complexity index is 716. The number of halogens is 3. The lowest BCUT2D eigenvalue weighted by molar-refractivity contribution is -0.137. The Balaban J connectivity index is 2.62. The Morgan fingerprint density at radius 2 is 2.10 bits per heavy atom. The lowest BCUT2D eigenvalue weighted by atomic mass is 10.1. The van der Waals surface area contributed by atoms with Gasteiger partial charge in [0.15, 0.2) is 0 Å². The second kappa shape index (κ2) is 5.11. The molecule has 0 fully saturated rings. The van der Waals surface area contributed by atoms with Gasteiger partial charge in [0.2, 0.25) is 0 Å². The fourth-order valence-electron chi connectivity index (χ4n) is 1.90. The summed E-state index contributed by atoms with van der Waals surface area (Å²) >= 11 is 0. The molecule has 2 aromatic rings.